The molecule has 0 aromatic heterocycles. The summed E-state index contributed by atoms with van der Waals surface area (Å²) in [5, 5.41) is 0. The Morgan fingerprint density at radius 2 is 2.00 bits per heavy atom. The average Bonchev–Trinajstić information content (AvgIpc) is 1.99. The predicted molar refractivity (Wildman–Crippen MR) is 50.4 cm³/mol. The molecule has 0 bridgehead atoms. The van der Waals surface area contributed by atoms with Gasteiger partial charge in [0.15, 0.2) is 5.78 Å². The van der Waals surface area contributed by atoms with Gasteiger partial charge in [0.2, 0.25) is 0 Å². The topological polar surface area (TPSA) is 26.3 Å². The van der Waals surface area contributed by atoms with Crippen molar-refractivity contribution in [2.24, 2.45) is 0 Å². The van der Waals surface area contributed by atoms with Gasteiger partial charge in [-0.3, -0.25) is 4.79 Å². The molecule has 82 valence electrons. The average molecular weight is 236 g/mol. The van der Waals surface area contributed by atoms with Gasteiger partial charge in [0, 0.05) is 4.90 Å². The van der Waals surface area contributed by atoms with Crippen molar-refractivity contribution >= 4 is 18.4 Å². The fourth-order valence-corrected chi connectivity index (χ4v) is 1.20. The van der Waals surface area contributed by atoms with Crippen molar-refractivity contribution in [3.63, 3.8) is 0 Å². The van der Waals surface area contributed by atoms with Gasteiger partial charge in [-0.05, 0) is 25.1 Å². The van der Waals surface area contributed by atoms with Crippen LogP contribution < -0.4 is 4.74 Å². The third-order valence-corrected chi connectivity index (χ3v) is 1.85. The van der Waals surface area contributed by atoms with E-state index in [-0.39, 0.29) is 5.56 Å². The number of alkyl halides is 3. The highest BCUT2D eigenvalue weighted by Crippen LogP contribution is 2.28. The van der Waals surface area contributed by atoms with E-state index in [1.165, 1.54) is 12.1 Å². The van der Waals surface area contributed by atoms with Crippen molar-refractivity contribution in [2.45, 2.75) is 18.2 Å². The van der Waals surface area contributed by atoms with E-state index in [1.807, 2.05) is 0 Å². The fourth-order valence-electron chi connectivity index (χ4n) is 1.01. The summed E-state index contributed by atoms with van der Waals surface area (Å²) in [6.07, 6.45) is -4.81. The number of benzene rings is 1. The molecule has 0 fully saturated rings. The molecule has 0 radical (unpaired) electrons. The van der Waals surface area contributed by atoms with Crippen LogP contribution in [0.3, 0.4) is 0 Å². The summed E-state index contributed by atoms with van der Waals surface area (Å²) < 4.78 is 39.6. The summed E-state index contributed by atoms with van der Waals surface area (Å²) in [5.41, 5.74) is -0.120. The molecule has 0 saturated carbocycles. The van der Waals surface area contributed by atoms with Crippen molar-refractivity contribution in [1.82, 2.24) is 0 Å². The number of ether oxygens (including phenoxy) is 1. The summed E-state index contributed by atoms with van der Waals surface area (Å²) >= 11 is 3.86. The Hall–Kier alpha value is -1.17. The van der Waals surface area contributed by atoms with E-state index in [2.05, 4.69) is 17.4 Å². The van der Waals surface area contributed by atoms with Crippen LogP contribution in [0.25, 0.3) is 0 Å². The highest BCUT2D eigenvalue weighted by molar-refractivity contribution is 7.80. The van der Waals surface area contributed by atoms with Crippen molar-refractivity contribution in [3.05, 3.63) is 23.8 Å². The molecule has 1 rings (SSSR count). The summed E-state index contributed by atoms with van der Waals surface area (Å²) in [5.74, 6) is -1.02. The summed E-state index contributed by atoms with van der Waals surface area (Å²) in [6.45, 7) is 1.16. The number of thiol groups is 1. The van der Waals surface area contributed by atoms with Gasteiger partial charge in [0.1, 0.15) is 5.75 Å². The molecule has 0 aliphatic carbocycles. The molecule has 2 nitrogen and oxygen atoms in total. The maximum atomic E-state index is 12.0. The molecule has 1 aromatic rings. The Bertz CT molecular complexity index is 387. The Morgan fingerprint density at radius 1 is 1.40 bits per heavy atom. The minimum absolute atomic E-state index is 0.120. The monoisotopic (exact) mass is 236 g/mol. The largest absolute Gasteiger partial charge is 0.573 e. The first kappa shape index (κ1) is 11.9. The molecule has 0 aliphatic rings. The molecule has 1 aromatic carbocycles. The van der Waals surface area contributed by atoms with E-state index < -0.39 is 17.9 Å². The molecule has 0 unspecified atom stereocenters. The number of halogens is 3. The van der Waals surface area contributed by atoms with Crippen LogP contribution in [0.1, 0.15) is 17.3 Å². The summed E-state index contributed by atoms with van der Waals surface area (Å²) in [6, 6.07) is 3.71. The molecular formula is C9H7F3O2S. The highest BCUT2D eigenvalue weighted by atomic mass is 32.1. The smallest absolute Gasteiger partial charge is 0.405 e. The van der Waals surface area contributed by atoms with Crippen molar-refractivity contribution < 1.29 is 22.7 Å². The van der Waals surface area contributed by atoms with Crippen LogP contribution in [0.4, 0.5) is 13.2 Å². The van der Waals surface area contributed by atoms with Crippen molar-refractivity contribution in [1.29, 1.82) is 0 Å². The van der Waals surface area contributed by atoms with Gasteiger partial charge in [-0.25, -0.2) is 0 Å². The Kier molecular flexibility index (Phi) is 3.28. The van der Waals surface area contributed by atoms with E-state index in [0.717, 1.165) is 13.0 Å². The lowest BCUT2D eigenvalue weighted by molar-refractivity contribution is -0.274. The maximum Gasteiger partial charge on any atom is 0.573 e. The number of carbonyl (C=O) groups excluding carboxylic acids is 1. The molecule has 0 aliphatic heterocycles. The molecule has 0 spiro atoms. The Labute approximate surface area is 89.5 Å². The number of carbonyl (C=O) groups is 1. The van der Waals surface area contributed by atoms with Crippen LogP contribution in [0.5, 0.6) is 5.75 Å². The van der Waals surface area contributed by atoms with Crippen LogP contribution >= 0.6 is 12.6 Å². The lowest BCUT2D eigenvalue weighted by Gasteiger charge is -2.11. The number of hydrogen-bond acceptors (Lipinski definition) is 3. The van der Waals surface area contributed by atoms with E-state index in [9.17, 15) is 18.0 Å². The Balaban J connectivity index is 3.13. The third-order valence-electron chi connectivity index (χ3n) is 1.57. The minimum atomic E-state index is -4.81. The summed E-state index contributed by atoms with van der Waals surface area (Å²) in [7, 11) is 0. The lowest BCUT2D eigenvalue weighted by atomic mass is 10.1. The quantitative estimate of drug-likeness (QED) is 0.631. The van der Waals surface area contributed by atoms with E-state index >= 15 is 0 Å². The molecule has 0 saturated heterocycles. The molecule has 15 heavy (non-hydrogen) atoms. The van der Waals surface area contributed by atoms with Crippen LogP contribution in [-0.2, 0) is 0 Å². The van der Waals surface area contributed by atoms with Crippen LogP contribution in [0.2, 0.25) is 0 Å². The van der Waals surface area contributed by atoms with E-state index in [0.29, 0.717) is 4.90 Å². The third kappa shape index (κ3) is 3.47. The molecule has 0 N–H and O–H groups in total. The predicted octanol–water partition coefficient (Wildman–Crippen LogP) is 3.08. The summed E-state index contributed by atoms with van der Waals surface area (Å²) in [4.78, 5) is 11.3. The first-order valence-electron chi connectivity index (χ1n) is 3.89. The van der Waals surface area contributed by atoms with E-state index in [4.69, 9.17) is 0 Å². The first-order chi connectivity index (χ1) is 6.79. The first-order valence-corrected chi connectivity index (χ1v) is 4.34. The van der Waals surface area contributed by atoms with Crippen LogP contribution in [0, 0.1) is 0 Å². The van der Waals surface area contributed by atoms with Gasteiger partial charge in [0.25, 0.3) is 0 Å². The van der Waals surface area contributed by atoms with Gasteiger partial charge in [-0.15, -0.1) is 25.8 Å². The molecule has 0 heterocycles. The second kappa shape index (κ2) is 4.14. The molecule has 6 heteroatoms. The number of Topliss-reactive ketones (excluding diaryl/α,β-unsaturated/α-hetero) is 1. The minimum Gasteiger partial charge on any atom is -0.405 e. The molecule has 0 amide bonds. The zero-order valence-electron chi connectivity index (χ0n) is 7.63. The van der Waals surface area contributed by atoms with Gasteiger partial charge < -0.3 is 4.74 Å². The van der Waals surface area contributed by atoms with Gasteiger partial charge in [-0.2, -0.15) is 0 Å². The number of rotatable bonds is 2. The van der Waals surface area contributed by atoms with Crippen molar-refractivity contribution in [2.75, 3.05) is 0 Å². The molecular weight excluding hydrogens is 229 g/mol. The van der Waals surface area contributed by atoms with Gasteiger partial charge in [0.05, 0.1) is 5.56 Å². The SMILES string of the molecule is CC(=O)c1ccc(S)cc1OC(F)(F)F. The van der Waals surface area contributed by atoms with Crippen molar-refractivity contribution in [3.8, 4) is 5.75 Å². The molecule has 0 atom stereocenters. The zero-order valence-corrected chi connectivity index (χ0v) is 8.52. The second-order valence-corrected chi connectivity index (χ2v) is 3.30. The number of ketones is 1. The second-order valence-electron chi connectivity index (χ2n) is 2.78. The fraction of sp³-hybridized carbons (Fsp3) is 0.222. The standard InChI is InChI=1S/C9H7F3O2S/c1-5(13)7-3-2-6(15)4-8(7)14-9(10,11)12/h2-4,15H,1H3. The lowest BCUT2D eigenvalue weighted by Crippen LogP contribution is -2.18. The van der Waals surface area contributed by atoms with E-state index in [1.54, 1.807) is 0 Å². The Morgan fingerprint density at radius 3 is 2.47 bits per heavy atom. The highest BCUT2D eigenvalue weighted by Gasteiger charge is 2.32. The number of hydrogen-bond donors (Lipinski definition) is 1. The van der Waals surface area contributed by atoms with Gasteiger partial charge in [-0.1, -0.05) is 0 Å². The zero-order chi connectivity index (χ0) is 11.6. The normalized spacial score (nSPS) is 11.3. The maximum absolute atomic E-state index is 12.0. The van der Waals surface area contributed by atoms with Crippen LogP contribution in [-0.4, -0.2) is 12.1 Å². The van der Waals surface area contributed by atoms with Gasteiger partial charge >= 0.3 is 6.36 Å². The van der Waals surface area contributed by atoms with Crippen LogP contribution in [0.15, 0.2) is 23.1 Å².